The monoisotopic (exact) mass is 362 g/mol. The number of nitrogens with one attached hydrogen (secondary N) is 2. The van der Waals surface area contributed by atoms with E-state index < -0.39 is 17.5 Å². The Morgan fingerprint density at radius 2 is 1.73 bits per heavy atom. The highest BCUT2D eigenvalue weighted by atomic mass is 19.1. The number of amides is 2. The lowest BCUT2D eigenvalue weighted by molar-refractivity contribution is -0.123. The smallest absolute Gasteiger partial charge is 0.258 e. The summed E-state index contributed by atoms with van der Waals surface area (Å²) in [6, 6.07) is 8.36. The summed E-state index contributed by atoms with van der Waals surface area (Å²) in [6.45, 7) is 3.97. The Bertz CT molecular complexity index is 809. The average Bonchev–Trinajstić information content (AvgIpc) is 2.57. The molecule has 5 nitrogen and oxygen atoms in total. The van der Waals surface area contributed by atoms with Crippen LogP contribution in [0.1, 0.15) is 21.5 Å². The van der Waals surface area contributed by atoms with E-state index >= 15 is 0 Å². The molecule has 0 saturated heterocycles. The quantitative estimate of drug-likeness (QED) is 0.744. The van der Waals surface area contributed by atoms with Crippen LogP contribution in [-0.4, -0.2) is 31.5 Å². The average molecular weight is 362 g/mol. The number of halogens is 2. The molecule has 2 amide bonds. The first-order chi connectivity index (χ1) is 12.4. The van der Waals surface area contributed by atoms with Crippen LogP contribution < -0.4 is 15.4 Å². The minimum atomic E-state index is -0.937. The molecule has 2 aromatic rings. The predicted octanol–water partition coefficient (Wildman–Crippen LogP) is 2.51. The fourth-order valence-corrected chi connectivity index (χ4v) is 2.30. The van der Waals surface area contributed by atoms with Crippen molar-refractivity contribution in [3.63, 3.8) is 0 Å². The molecule has 7 heteroatoms. The van der Waals surface area contributed by atoms with Gasteiger partial charge >= 0.3 is 0 Å². The summed E-state index contributed by atoms with van der Waals surface area (Å²) >= 11 is 0. The molecule has 2 N–H and O–H groups in total. The number of carbonyl (C=O) groups excluding carboxylic acids is 2. The molecule has 0 aliphatic heterocycles. The van der Waals surface area contributed by atoms with Crippen LogP contribution in [0.2, 0.25) is 0 Å². The van der Waals surface area contributed by atoms with Crippen LogP contribution in [0.5, 0.6) is 5.75 Å². The normalized spacial score (nSPS) is 10.3. The maximum absolute atomic E-state index is 13.5. The summed E-state index contributed by atoms with van der Waals surface area (Å²) in [4.78, 5) is 23.5. The minimum Gasteiger partial charge on any atom is -0.484 e. The van der Waals surface area contributed by atoms with E-state index in [0.717, 1.165) is 23.3 Å². The molecule has 0 bridgehead atoms. The number of aryl methyl sites for hydroxylation is 2. The zero-order chi connectivity index (χ0) is 19.1. The Morgan fingerprint density at radius 3 is 2.42 bits per heavy atom. The topological polar surface area (TPSA) is 67.4 Å². The van der Waals surface area contributed by atoms with Gasteiger partial charge in [0.2, 0.25) is 0 Å². The molecule has 0 fully saturated rings. The second kappa shape index (κ2) is 8.94. The molecule has 0 atom stereocenters. The van der Waals surface area contributed by atoms with Crippen molar-refractivity contribution in [3.05, 3.63) is 64.7 Å². The highest BCUT2D eigenvalue weighted by Gasteiger charge is 2.12. The molecule has 2 rings (SSSR count). The third-order valence-corrected chi connectivity index (χ3v) is 3.60. The SMILES string of the molecule is Cc1ccc(OCC(=O)NCCNC(=O)c2ccc(F)cc2F)c(C)c1. The number of carbonyl (C=O) groups is 2. The third-order valence-electron chi connectivity index (χ3n) is 3.60. The maximum Gasteiger partial charge on any atom is 0.258 e. The molecule has 0 heterocycles. The van der Waals surface area contributed by atoms with Crippen LogP contribution in [0.15, 0.2) is 36.4 Å². The van der Waals surface area contributed by atoms with Gasteiger partial charge in [-0.1, -0.05) is 17.7 Å². The van der Waals surface area contributed by atoms with Crippen molar-refractivity contribution >= 4 is 11.8 Å². The lowest BCUT2D eigenvalue weighted by atomic mass is 10.1. The van der Waals surface area contributed by atoms with Crippen molar-refractivity contribution in [1.29, 1.82) is 0 Å². The van der Waals surface area contributed by atoms with E-state index in [0.29, 0.717) is 11.8 Å². The van der Waals surface area contributed by atoms with Gasteiger partial charge in [-0.3, -0.25) is 9.59 Å². The maximum atomic E-state index is 13.5. The number of hydrogen-bond donors (Lipinski definition) is 2. The first kappa shape index (κ1) is 19.4. The lowest BCUT2D eigenvalue weighted by Gasteiger charge is -2.10. The van der Waals surface area contributed by atoms with Gasteiger partial charge in [0.15, 0.2) is 6.61 Å². The molecular weight excluding hydrogens is 342 g/mol. The molecule has 0 saturated carbocycles. The number of ether oxygens (including phenoxy) is 1. The number of benzene rings is 2. The van der Waals surface area contributed by atoms with Gasteiger partial charge in [0.05, 0.1) is 5.56 Å². The van der Waals surface area contributed by atoms with Gasteiger partial charge in [-0.05, 0) is 37.6 Å². The van der Waals surface area contributed by atoms with Crippen molar-refractivity contribution in [3.8, 4) is 5.75 Å². The second-order valence-electron chi connectivity index (χ2n) is 5.79. The molecule has 2 aromatic carbocycles. The summed E-state index contributed by atoms with van der Waals surface area (Å²) in [7, 11) is 0. The highest BCUT2D eigenvalue weighted by Crippen LogP contribution is 2.18. The van der Waals surface area contributed by atoms with E-state index in [1.165, 1.54) is 0 Å². The summed E-state index contributed by atoms with van der Waals surface area (Å²) in [5, 5.41) is 5.03. The first-order valence-corrected chi connectivity index (χ1v) is 8.07. The zero-order valence-electron chi connectivity index (χ0n) is 14.6. The van der Waals surface area contributed by atoms with Crippen LogP contribution in [0.25, 0.3) is 0 Å². The molecule has 0 aliphatic carbocycles. The van der Waals surface area contributed by atoms with Gasteiger partial charge in [0, 0.05) is 19.2 Å². The Kier molecular flexibility index (Phi) is 6.66. The van der Waals surface area contributed by atoms with Crippen molar-refractivity contribution < 1.29 is 23.1 Å². The standard InChI is InChI=1S/C19H20F2N2O3/c1-12-3-6-17(13(2)9-12)26-11-18(24)22-7-8-23-19(25)15-5-4-14(20)10-16(15)21/h3-6,9-10H,7-8,11H2,1-2H3,(H,22,24)(H,23,25). The Hall–Kier alpha value is -2.96. The molecule has 0 aromatic heterocycles. The Morgan fingerprint density at radius 1 is 1.00 bits per heavy atom. The summed E-state index contributed by atoms with van der Waals surface area (Å²) < 4.78 is 31.7. The van der Waals surface area contributed by atoms with Crippen LogP contribution in [0.3, 0.4) is 0 Å². The van der Waals surface area contributed by atoms with Crippen LogP contribution in [-0.2, 0) is 4.79 Å². The molecule has 0 unspecified atom stereocenters. The van der Waals surface area contributed by atoms with Crippen molar-refractivity contribution in [1.82, 2.24) is 10.6 Å². The Labute approximate surface area is 150 Å². The lowest BCUT2D eigenvalue weighted by Crippen LogP contribution is -2.37. The van der Waals surface area contributed by atoms with E-state index in [9.17, 15) is 18.4 Å². The van der Waals surface area contributed by atoms with Gasteiger partial charge in [-0.2, -0.15) is 0 Å². The summed E-state index contributed by atoms with van der Waals surface area (Å²) in [6.07, 6.45) is 0. The van der Waals surface area contributed by atoms with Crippen molar-refractivity contribution in [2.24, 2.45) is 0 Å². The molecule has 26 heavy (non-hydrogen) atoms. The minimum absolute atomic E-state index is 0.102. The molecule has 138 valence electrons. The zero-order valence-corrected chi connectivity index (χ0v) is 14.6. The summed E-state index contributed by atoms with van der Waals surface area (Å²) in [5.74, 6) is -2.08. The Balaban J connectivity index is 1.70. The summed E-state index contributed by atoms with van der Waals surface area (Å²) in [5.41, 5.74) is 1.79. The van der Waals surface area contributed by atoms with Gasteiger partial charge in [-0.15, -0.1) is 0 Å². The van der Waals surface area contributed by atoms with E-state index in [4.69, 9.17) is 4.74 Å². The van der Waals surface area contributed by atoms with Crippen LogP contribution >= 0.6 is 0 Å². The van der Waals surface area contributed by atoms with Gasteiger partial charge in [-0.25, -0.2) is 8.78 Å². The van der Waals surface area contributed by atoms with Gasteiger partial charge in [0.25, 0.3) is 11.8 Å². The van der Waals surface area contributed by atoms with Crippen molar-refractivity contribution in [2.75, 3.05) is 19.7 Å². The van der Waals surface area contributed by atoms with Crippen LogP contribution in [0, 0.1) is 25.5 Å². The molecule has 0 aliphatic rings. The van der Waals surface area contributed by atoms with Gasteiger partial charge < -0.3 is 15.4 Å². The first-order valence-electron chi connectivity index (χ1n) is 8.07. The van der Waals surface area contributed by atoms with Crippen molar-refractivity contribution in [2.45, 2.75) is 13.8 Å². The fraction of sp³-hybridized carbons (Fsp3) is 0.263. The number of rotatable bonds is 7. The van der Waals surface area contributed by atoms with E-state index in [1.54, 1.807) is 6.07 Å². The highest BCUT2D eigenvalue weighted by molar-refractivity contribution is 5.94. The van der Waals surface area contributed by atoms with Crippen LogP contribution in [0.4, 0.5) is 8.78 Å². The predicted molar refractivity (Wildman–Crippen MR) is 93.1 cm³/mol. The van der Waals surface area contributed by atoms with Gasteiger partial charge in [0.1, 0.15) is 17.4 Å². The molecular formula is C19H20F2N2O3. The molecule has 0 radical (unpaired) electrons. The molecule has 0 spiro atoms. The van der Waals surface area contributed by atoms with E-state index in [2.05, 4.69) is 10.6 Å². The third kappa shape index (κ3) is 5.54. The number of hydrogen-bond acceptors (Lipinski definition) is 3. The van der Waals surface area contributed by atoms with E-state index in [1.807, 2.05) is 26.0 Å². The fourth-order valence-electron chi connectivity index (χ4n) is 2.30. The largest absolute Gasteiger partial charge is 0.484 e. The van der Waals surface area contributed by atoms with E-state index in [-0.39, 0.29) is 31.2 Å². The second-order valence-corrected chi connectivity index (χ2v) is 5.79.